The van der Waals surface area contributed by atoms with Gasteiger partial charge in [-0.15, -0.1) is 0 Å². The quantitative estimate of drug-likeness (QED) is 0.0840. The highest BCUT2D eigenvalue weighted by Crippen LogP contribution is 2.46. The molecule has 0 saturated carbocycles. The molecular formula is C132H85N15. The molecule has 28 rings (SSSR count). The van der Waals surface area contributed by atoms with Crippen LogP contribution in [-0.4, -0.2) is 73.5 Å². The number of para-hydroxylation sites is 6. The fourth-order valence-electron chi connectivity index (χ4n) is 20.3. The molecule has 0 unspecified atom stereocenters. The highest BCUT2D eigenvalue weighted by atomic mass is 15.1. The van der Waals surface area contributed by atoms with Gasteiger partial charge in [0.2, 0.25) is 0 Å². The fraction of sp³-hybridized carbons (Fsp3) is 0. The third kappa shape index (κ3) is 16.5. The van der Waals surface area contributed by atoms with Gasteiger partial charge in [0.25, 0.3) is 0 Å². The Morgan fingerprint density at radius 1 is 0.150 bits per heavy atom. The highest BCUT2D eigenvalue weighted by molar-refractivity contribution is 6.23. The molecule has 0 amide bonds. The average Bonchev–Trinajstić information content (AvgIpc) is 1.61. The molecule has 16 aromatic carbocycles. The normalized spacial score (nSPS) is 11.4. The summed E-state index contributed by atoms with van der Waals surface area (Å²) in [6, 6.07) is 168. The van der Waals surface area contributed by atoms with Crippen molar-refractivity contribution in [3.8, 4) is 164 Å². The van der Waals surface area contributed by atoms with Crippen molar-refractivity contribution in [1.82, 2.24) is 73.5 Å². The molecule has 12 heterocycles. The first-order valence-electron chi connectivity index (χ1n) is 49.0. The Balaban J connectivity index is 0.000000112. The van der Waals surface area contributed by atoms with E-state index in [-0.39, 0.29) is 0 Å². The van der Waals surface area contributed by atoms with Gasteiger partial charge in [-0.2, -0.15) is 0 Å². The van der Waals surface area contributed by atoms with Crippen molar-refractivity contribution in [3.05, 3.63) is 516 Å². The maximum absolute atomic E-state index is 5.42. The summed E-state index contributed by atoms with van der Waals surface area (Å²) in [5.74, 6) is 2.69. The van der Waals surface area contributed by atoms with Gasteiger partial charge in [-0.05, 0) is 173 Å². The maximum Gasteiger partial charge on any atom is 0.145 e. The minimum atomic E-state index is 0.859. The van der Waals surface area contributed by atoms with Crippen molar-refractivity contribution in [3.63, 3.8) is 0 Å². The maximum atomic E-state index is 5.42. The first kappa shape index (κ1) is 87.1. The third-order valence-corrected chi connectivity index (χ3v) is 27.3. The topological polar surface area (TPSA) is 169 Å². The zero-order chi connectivity index (χ0) is 97.5. The van der Waals surface area contributed by atoms with E-state index in [0.29, 0.717) is 0 Å². The van der Waals surface area contributed by atoms with Crippen LogP contribution in [0, 0.1) is 0 Å². The standard InChI is InChI=1S/C48H31N5.2C42H27N5/c1-3-12-36(13-4-1)48-52-47-44(53(48)37-14-5-2-6-15-37)30-29-39-38-16-7-8-17-41(38)51-46(45(39)47)35-27-23-33(24-28-35)32-21-25-34(26-22-32)40-19-11-20-43(50-40)42-18-9-10-31-49-42;1-3-11-30(12-4-1)42-46-41-38(47(42)32-14-5-2-6-15-32)25-24-34-33-16-7-8-17-37(33)45-40(39(34)41)29-22-20-28(21-23-29)35-18-9-19-36(44-35)31-13-10-26-43-27-31;1-3-10-31(11-4-1)42-46-41-38(47(42)32-12-5-2-6-13-32)23-22-34-33-14-7-8-15-37(33)45-40(39(34)41)30-20-18-28(19-21-30)35-16-9-17-36(44-35)29-24-26-43-27-25-29/h1-31H;2*1-27H. The minimum Gasteiger partial charge on any atom is -0.292 e. The smallest absolute Gasteiger partial charge is 0.145 e. The van der Waals surface area contributed by atoms with E-state index in [4.69, 9.17) is 44.9 Å². The zero-order valence-corrected chi connectivity index (χ0v) is 79.3. The first-order valence-corrected chi connectivity index (χ1v) is 49.0. The largest absolute Gasteiger partial charge is 0.292 e. The van der Waals surface area contributed by atoms with E-state index in [1.54, 1.807) is 24.8 Å². The summed E-state index contributed by atoms with van der Waals surface area (Å²) < 4.78 is 6.78. The molecule has 0 aliphatic heterocycles. The van der Waals surface area contributed by atoms with Crippen molar-refractivity contribution in [2.45, 2.75) is 0 Å². The fourth-order valence-corrected chi connectivity index (χ4v) is 20.3. The van der Waals surface area contributed by atoms with Crippen LogP contribution in [0.2, 0.25) is 0 Å². The third-order valence-electron chi connectivity index (χ3n) is 27.3. The second kappa shape index (κ2) is 38.1. The van der Waals surface area contributed by atoms with Crippen LogP contribution in [-0.2, 0) is 0 Å². The van der Waals surface area contributed by atoms with Crippen molar-refractivity contribution in [2.24, 2.45) is 0 Å². The van der Waals surface area contributed by atoms with Crippen LogP contribution in [0.4, 0.5) is 0 Å². The van der Waals surface area contributed by atoms with Crippen molar-refractivity contribution in [2.75, 3.05) is 0 Å². The Kier molecular flexibility index (Phi) is 22.6. The number of fused-ring (bicyclic) bond motifs is 15. The molecule has 0 fully saturated rings. The van der Waals surface area contributed by atoms with E-state index >= 15 is 0 Å². The molecule has 0 N–H and O–H groups in total. The molecule has 0 bridgehead atoms. The number of hydrogen-bond donors (Lipinski definition) is 0. The summed E-state index contributed by atoms with van der Waals surface area (Å²) >= 11 is 0. The van der Waals surface area contributed by atoms with E-state index in [0.717, 1.165) is 262 Å². The van der Waals surface area contributed by atoms with E-state index < -0.39 is 0 Å². The van der Waals surface area contributed by atoms with Gasteiger partial charge < -0.3 is 0 Å². The number of hydrogen-bond acceptors (Lipinski definition) is 12. The molecule has 12 aromatic heterocycles. The zero-order valence-electron chi connectivity index (χ0n) is 79.3. The lowest BCUT2D eigenvalue weighted by atomic mass is 9.96. The van der Waals surface area contributed by atoms with E-state index in [1.165, 1.54) is 0 Å². The molecule has 0 spiro atoms. The molecule has 0 atom stereocenters. The molecule has 0 aliphatic carbocycles. The van der Waals surface area contributed by atoms with Crippen LogP contribution in [0.15, 0.2) is 516 Å². The predicted molar refractivity (Wildman–Crippen MR) is 599 cm³/mol. The van der Waals surface area contributed by atoms with Crippen LogP contribution in [0.25, 0.3) is 262 Å². The molecule has 0 radical (unpaired) electrons. The number of pyridine rings is 9. The Morgan fingerprint density at radius 3 is 0.776 bits per heavy atom. The molecule has 147 heavy (non-hydrogen) atoms. The van der Waals surface area contributed by atoms with Gasteiger partial charge in [0, 0.05) is 142 Å². The van der Waals surface area contributed by atoms with E-state index in [1.807, 2.05) is 146 Å². The Bertz CT molecular complexity index is 9410. The predicted octanol–water partition coefficient (Wildman–Crippen LogP) is 32.2. The summed E-state index contributed by atoms with van der Waals surface area (Å²) in [5, 5.41) is 9.85. The Hall–Kier alpha value is -20.2. The van der Waals surface area contributed by atoms with E-state index in [9.17, 15) is 0 Å². The van der Waals surface area contributed by atoms with Gasteiger partial charge >= 0.3 is 0 Å². The van der Waals surface area contributed by atoms with Crippen molar-refractivity contribution in [1.29, 1.82) is 0 Å². The lowest BCUT2D eigenvalue weighted by Crippen LogP contribution is -1.97. The Labute approximate surface area is 845 Å². The van der Waals surface area contributed by atoms with Gasteiger partial charge in [0.05, 0.1) is 107 Å². The number of aromatic nitrogens is 15. The molecule has 15 heteroatoms. The molecule has 28 aromatic rings. The van der Waals surface area contributed by atoms with Gasteiger partial charge in [-0.3, -0.25) is 28.7 Å². The molecule has 15 nitrogen and oxygen atoms in total. The van der Waals surface area contributed by atoms with Crippen LogP contribution in [0.3, 0.4) is 0 Å². The van der Waals surface area contributed by atoms with Crippen LogP contribution >= 0.6 is 0 Å². The number of rotatable bonds is 16. The average molecular weight is 1880 g/mol. The van der Waals surface area contributed by atoms with Crippen LogP contribution < -0.4 is 0 Å². The highest BCUT2D eigenvalue weighted by Gasteiger charge is 2.27. The number of nitrogens with zero attached hydrogens (tertiary/aromatic N) is 15. The molecule has 0 aliphatic rings. The van der Waals surface area contributed by atoms with Crippen molar-refractivity contribution >= 4 is 98.1 Å². The van der Waals surface area contributed by atoms with Crippen molar-refractivity contribution < 1.29 is 0 Å². The summed E-state index contributed by atoms with van der Waals surface area (Å²) in [7, 11) is 0. The van der Waals surface area contributed by atoms with Crippen LogP contribution in [0.1, 0.15) is 0 Å². The molecular weight excluding hydrogens is 1800 g/mol. The van der Waals surface area contributed by atoms with Gasteiger partial charge in [0.1, 0.15) is 17.5 Å². The molecule has 0 saturated heterocycles. The Morgan fingerprint density at radius 2 is 0.435 bits per heavy atom. The first-order chi connectivity index (χ1) is 72.9. The summed E-state index contributed by atoms with van der Waals surface area (Å²) in [6.07, 6.45) is 9.00. The monoisotopic (exact) mass is 1880 g/mol. The van der Waals surface area contributed by atoms with E-state index in [2.05, 4.69) is 374 Å². The second-order valence-corrected chi connectivity index (χ2v) is 36.1. The SMILES string of the molecule is c1ccc(-c2nc3c4c(-c5ccc(-c6ccc(-c7cccc(-c8ccccn8)n7)cc6)cc5)nc5ccccc5c4ccc3n2-c2ccccc2)cc1.c1ccc(-c2nc3c4c(-c5ccc(-c6cccc(-c7cccnc7)n6)cc5)nc5ccccc5c4ccc3n2-c2ccccc2)cc1.c1ccc(-c2nc3c4c(-c5ccc(-c6cccc(-c7ccncc7)n6)cc5)nc5ccccc5c4ccc3n2-c2ccccc2)cc1. The lowest BCUT2D eigenvalue weighted by Gasteiger charge is -2.13. The second-order valence-electron chi connectivity index (χ2n) is 36.1. The summed E-state index contributed by atoms with van der Waals surface area (Å²) in [5.41, 5.74) is 34.7. The summed E-state index contributed by atoms with van der Waals surface area (Å²) in [4.78, 5) is 59.8. The number of benzene rings is 16. The van der Waals surface area contributed by atoms with Gasteiger partial charge in [0.15, 0.2) is 0 Å². The summed E-state index contributed by atoms with van der Waals surface area (Å²) in [6.45, 7) is 0. The lowest BCUT2D eigenvalue weighted by molar-refractivity contribution is 1.10. The van der Waals surface area contributed by atoms with Gasteiger partial charge in [-0.1, -0.05) is 340 Å². The van der Waals surface area contributed by atoms with Crippen LogP contribution in [0.5, 0.6) is 0 Å². The minimum absolute atomic E-state index is 0.859. The molecule has 688 valence electrons. The van der Waals surface area contributed by atoms with Gasteiger partial charge in [-0.25, -0.2) is 44.9 Å². The number of imidazole rings is 3.